The first kappa shape index (κ1) is 16.9. The van der Waals surface area contributed by atoms with Crippen molar-refractivity contribution in [1.29, 1.82) is 0 Å². The number of likely N-dealkylation sites (N-methyl/N-ethyl adjacent to an activating group) is 1. The van der Waals surface area contributed by atoms with Crippen molar-refractivity contribution in [3.63, 3.8) is 0 Å². The highest BCUT2D eigenvalue weighted by Crippen LogP contribution is 2.34. The van der Waals surface area contributed by atoms with Crippen molar-refractivity contribution in [2.24, 2.45) is 0 Å². The Morgan fingerprint density at radius 2 is 1.85 bits per heavy atom. The van der Waals surface area contributed by atoms with Crippen molar-refractivity contribution in [1.82, 2.24) is 4.90 Å². The standard InChI is InChI=1S/C22H23NO3/c1-23-14-8-7-11-17(23)15-25-21-18-12-5-6-13-19(18)26-22(24)20(21)16-9-3-2-4-10-16/h2-6,9-10,12-13,17H,7-8,11,14-15H2,1H3. The van der Waals surface area contributed by atoms with E-state index < -0.39 is 0 Å². The molecule has 1 aliphatic rings. The maximum Gasteiger partial charge on any atom is 0.347 e. The van der Waals surface area contributed by atoms with E-state index in [1.165, 1.54) is 12.8 Å². The van der Waals surface area contributed by atoms with Crippen molar-refractivity contribution in [3.05, 3.63) is 65.0 Å². The largest absolute Gasteiger partial charge is 0.490 e. The Bertz CT molecular complexity index is 949. The molecule has 1 aliphatic heterocycles. The minimum atomic E-state index is -0.359. The van der Waals surface area contributed by atoms with Crippen LogP contribution in [0.3, 0.4) is 0 Å². The maximum atomic E-state index is 12.7. The van der Waals surface area contributed by atoms with Gasteiger partial charge in [-0.3, -0.25) is 0 Å². The van der Waals surface area contributed by atoms with Gasteiger partial charge < -0.3 is 14.1 Å². The second-order valence-electron chi connectivity index (χ2n) is 6.90. The lowest BCUT2D eigenvalue weighted by atomic mass is 10.0. The Balaban J connectivity index is 1.79. The predicted molar refractivity (Wildman–Crippen MR) is 104 cm³/mol. The zero-order valence-electron chi connectivity index (χ0n) is 15.0. The van der Waals surface area contributed by atoms with Crippen LogP contribution >= 0.6 is 0 Å². The lowest BCUT2D eigenvalue weighted by Gasteiger charge is -2.32. The van der Waals surface area contributed by atoms with Gasteiger partial charge in [0.2, 0.25) is 0 Å². The van der Waals surface area contributed by atoms with Crippen LogP contribution in [0.2, 0.25) is 0 Å². The van der Waals surface area contributed by atoms with Gasteiger partial charge in [-0.05, 0) is 44.1 Å². The maximum absolute atomic E-state index is 12.7. The van der Waals surface area contributed by atoms with Gasteiger partial charge in [-0.15, -0.1) is 0 Å². The smallest absolute Gasteiger partial charge is 0.347 e. The van der Waals surface area contributed by atoms with E-state index >= 15 is 0 Å². The van der Waals surface area contributed by atoms with Crippen LogP contribution in [-0.4, -0.2) is 31.1 Å². The molecule has 1 atom stereocenters. The van der Waals surface area contributed by atoms with Gasteiger partial charge in [-0.2, -0.15) is 0 Å². The summed E-state index contributed by atoms with van der Waals surface area (Å²) in [7, 11) is 2.14. The molecular formula is C22H23NO3. The lowest BCUT2D eigenvalue weighted by molar-refractivity contribution is 0.126. The minimum absolute atomic E-state index is 0.359. The Morgan fingerprint density at radius 1 is 1.08 bits per heavy atom. The second-order valence-corrected chi connectivity index (χ2v) is 6.90. The first-order valence-electron chi connectivity index (χ1n) is 9.18. The van der Waals surface area contributed by atoms with Crippen LogP contribution in [0.1, 0.15) is 19.3 Å². The van der Waals surface area contributed by atoms with E-state index in [4.69, 9.17) is 9.15 Å². The summed E-state index contributed by atoms with van der Waals surface area (Å²) in [6.07, 6.45) is 3.58. The number of para-hydroxylation sites is 1. The molecule has 134 valence electrons. The number of nitrogens with zero attached hydrogens (tertiary/aromatic N) is 1. The molecule has 3 aromatic rings. The molecule has 2 aromatic carbocycles. The fraction of sp³-hybridized carbons (Fsp3) is 0.318. The molecule has 1 aromatic heterocycles. The molecule has 4 heteroatoms. The molecule has 0 aliphatic carbocycles. The fourth-order valence-corrected chi connectivity index (χ4v) is 3.66. The number of hydrogen-bond acceptors (Lipinski definition) is 4. The van der Waals surface area contributed by atoms with E-state index in [1.54, 1.807) is 0 Å². The van der Waals surface area contributed by atoms with Crippen LogP contribution in [0.15, 0.2) is 63.8 Å². The molecule has 1 saturated heterocycles. The highest BCUT2D eigenvalue weighted by Gasteiger charge is 2.22. The molecule has 0 radical (unpaired) electrons. The topological polar surface area (TPSA) is 42.7 Å². The summed E-state index contributed by atoms with van der Waals surface area (Å²) in [6, 6.07) is 17.5. The molecule has 1 unspecified atom stereocenters. The average molecular weight is 349 g/mol. The fourth-order valence-electron chi connectivity index (χ4n) is 3.66. The van der Waals surface area contributed by atoms with Crippen LogP contribution in [0.4, 0.5) is 0 Å². The molecule has 26 heavy (non-hydrogen) atoms. The van der Waals surface area contributed by atoms with E-state index in [1.807, 2.05) is 54.6 Å². The summed E-state index contributed by atoms with van der Waals surface area (Å²) >= 11 is 0. The summed E-state index contributed by atoms with van der Waals surface area (Å²) in [4.78, 5) is 15.1. The molecule has 0 bridgehead atoms. The number of hydrogen-bond donors (Lipinski definition) is 0. The number of rotatable bonds is 4. The van der Waals surface area contributed by atoms with Crippen molar-refractivity contribution in [2.75, 3.05) is 20.2 Å². The van der Waals surface area contributed by atoms with Crippen LogP contribution < -0.4 is 10.4 Å². The average Bonchev–Trinajstić information content (AvgIpc) is 2.67. The molecule has 2 heterocycles. The van der Waals surface area contributed by atoms with Gasteiger partial charge in [0, 0.05) is 6.04 Å². The van der Waals surface area contributed by atoms with Crippen LogP contribution in [0.5, 0.6) is 5.75 Å². The van der Waals surface area contributed by atoms with Crippen molar-refractivity contribution < 1.29 is 9.15 Å². The Morgan fingerprint density at radius 3 is 2.65 bits per heavy atom. The van der Waals surface area contributed by atoms with E-state index in [9.17, 15) is 4.79 Å². The Kier molecular flexibility index (Phi) is 4.76. The van der Waals surface area contributed by atoms with Gasteiger partial charge in [-0.1, -0.05) is 48.9 Å². The number of benzene rings is 2. The number of piperidine rings is 1. The third-order valence-electron chi connectivity index (χ3n) is 5.17. The monoisotopic (exact) mass is 349 g/mol. The highest BCUT2D eigenvalue weighted by molar-refractivity contribution is 5.90. The molecule has 0 spiro atoms. The third-order valence-corrected chi connectivity index (χ3v) is 5.17. The molecule has 4 rings (SSSR count). The number of ether oxygens (including phenoxy) is 1. The Labute approximate surface area is 153 Å². The minimum Gasteiger partial charge on any atom is -0.490 e. The van der Waals surface area contributed by atoms with Crippen LogP contribution in [0.25, 0.3) is 22.1 Å². The third kappa shape index (κ3) is 3.25. The zero-order chi connectivity index (χ0) is 17.9. The molecule has 0 amide bonds. The van der Waals surface area contributed by atoms with E-state index in [0.717, 1.165) is 23.9 Å². The van der Waals surface area contributed by atoms with Crippen LogP contribution in [0, 0.1) is 0 Å². The van der Waals surface area contributed by atoms with Gasteiger partial charge >= 0.3 is 5.63 Å². The first-order chi connectivity index (χ1) is 12.7. The van der Waals surface area contributed by atoms with Crippen molar-refractivity contribution in [3.8, 4) is 16.9 Å². The lowest BCUT2D eigenvalue weighted by Crippen LogP contribution is -2.40. The van der Waals surface area contributed by atoms with Gasteiger partial charge in [0.1, 0.15) is 23.5 Å². The van der Waals surface area contributed by atoms with E-state index in [0.29, 0.717) is 29.5 Å². The first-order valence-corrected chi connectivity index (χ1v) is 9.18. The molecule has 4 nitrogen and oxygen atoms in total. The SMILES string of the molecule is CN1CCCCC1COc1c(-c2ccccc2)c(=O)oc2ccccc12. The highest BCUT2D eigenvalue weighted by atomic mass is 16.5. The van der Waals surface area contributed by atoms with Crippen LogP contribution in [-0.2, 0) is 0 Å². The molecule has 0 saturated carbocycles. The molecule has 0 N–H and O–H groups in total. The zero-order valence-corrected chi connectivity index (χ0v) is 15.0. The number of fused-ring (bicyclic) bond motifs is 1. The van der Waals surface area contributed by atoms with E-state index in [-0.39, 0.29) is 5.63 Å². The summed E-state index contributed by atoms with van der Waals surface area (Å²) in [6.45, 7) is 1.67. The molecular weight excluding hydrogens is 326 g/mol. The summed E-state index contributed by atoms with van der Waals surface area (Å²) in [5.41, 5.74) is 1.52. The molecule has 1 fully saturated rings. The van der Waals surface area contributed by atoms with Gasteiger partial charge in [0.15, 0.2) is 0 Å². The second kappa shape index (κ2) is 7.34. The Hall–Kier alpha value is -2.59. The normalized spacial score (nSPS) is 18.1. The summed E-state index contributed by atoms with van der Waals surface area (Å²) in [5.74, 6) is 0.627. The van der Waals surface area contributed by atoms with Gasteiger partial charge in [0.25, 0.3) is 0 Å². The van der Waals surface area contributed by atoms with Crippen molar-refractivity contribution in [2.45, 2.75) is 25.3 Å². The quantitative estimate of drug-likeness (QED) is 0.658. The van der Waals surface area contributed by atoms with E-state index in [2.05, 4.69) is 11.9 Å². The van der Waals surface area contributed by atoms with Gasteiger partial charge in [0.05, 0.1) is 5.39 Å². The number of likely N-dealkylation sites (tertiary alicyclic amines) is 1. The predicted octanol–water partition coefficient (Wildman–Crippen LogP) is 4.32. The van der Waals surface area contributed by atoms with Gasteiger partial charge in [-0.25, -0.2) is 4.79 Å². The summed E-state index contributed by atoms with van der Waals surface area (Å²) in [5, 5.41) is 0.837. The van der Waals surface area contributed by atoms with Crippen molar-refractivity contribution >= 4 is 11.0 Å². The summed E-state index contributed by atoms with van der Waals surface area (Å²) < 4.78 is 11.8.